The Labute approximate surface area is 136 Å². The summed E-state index contributed by atoms with van der Waals surface area (Å²) in [6.45, 7) is 3.79. The minimum Gasteiger partial charge on any atom is -0.391 e. The van der Waals surface area contributed by atoms with Gasteiger partial charge < -0.3 is 10.0 Å². The van der Waals surface area contributed by atoms with Crippen molar-refractivity contribution in [1.82, 2.24) is 4.98 Å². The standard InChI is InChI=1S/C20H20N2O/c1-14-10-16-6-8-21-12-20(16)19(11-14)15-2-4-17(5-3-15)22-9-7-18(23)13-22/h2-6,8,10-12,18,23H,7,9,13H2,1H3. The maximum atomic E-state index is 9.69. The highest BCUT2D eigenvalue weighted by atomic mass is 16.3. The Morgan fingerprint density at radius 3 is 2.70 bits per heavy atom. The first-order valence-corrected chi connectivity index (χ1v) is 8.08. The molecule has 1 aromatic heterocycles. The molecule has 3 heteroatoms. The fraction of sp³-hybridized carbons (Fsp3) is 0.250. The predicted molar refractivity (Wildman–Crippen MR) is 94.8 cm³/mol. The van der Waals surface area contributed by atoms with Crippen LogP contribution < -0.4 is 4.90 Å². The van der Waals surface area contributed by atoms with Crippen LogP contribution in [0.15, 0.2) is 54.9 Å². The van der Waals surface area contributed by atoms with Gasteiger partial charge in [0, 0.05) is 36.6 Å². The Hall–Kier alpha value is -2.39. The van der Waals surface area contributed by atoms with Gasteiger partial charge in [-0.15, -0.1) is 0 Å². The molecule has 0 amide bonds. The SMILES string of the molecule is Cc1cc(-c2ccc(N3CCC(O)C3)cc2)c2cnccc2c1. The van der Waals surface area contributed by atoms with Gasteiger partial charge in [-0.05, 0) is 53.6 Å². The van der Waals surface area contributed by atoms with Gasteiger partial charge in [-0.25, -0.2) is 0 Å². The summed E-state index contributed by atoms with van der Waals surface area (Å²) in [5.41, 5.74) is 4.86. The number of rotatable bonds is 2. The number of hydrogen-bond donors (Lipinski definition) is 1. The van der Waals surface area contributed by atoms with Gasteiger partial charge in [0.15, 0.2) is 0 Å². The summed E-state index contributed by atoms with van der Waals surface area (Å²) in [5, 5.41) is 12.1. The molecule has 0 saturated carbocycles. The van der Waals surface area contributed by atoms with Crippen LogP contribution in [0.1, 0.15) is 12.0 Å². The molecule has 0 aliphatic carbocycles. The minimum absolute atomic E-state index is 0.193. The first-order chi connectivity index (χ1) is 11.2. The molecule has 0 bridgehead atoms. The summed E-state index contributed by atoms with van der Waals surface area (Å²) in [5.74, 6) is 0. The van der Waals surface area contributed by atoms with Gasteiger partial charge in [0.2, 0.25) is 0 Å². The second-order valence-electron chi connectivity index (χ2n) is 6.34. The van der Waals surface area contributed by atoms with Crippen molar-refractivity contribution >= 4 is 16.5 Å². The van der Waals surface area contributed by atoms with Crippen molar-refractivity contribution in [3.8, 4) is 11.1 Å². The van der Waals surface area contributed by atoms with Gasteiger partial charge in [0.1, 0.15) is 0 Å². The van der Waals surface area contributed by atoms with Crippen molar-refractivity contribution in [2.24, 2.45) is 0 Å². The van der Waals surface area contributed by atoms with Crippen molar-refractivity contribution in [3.63, 3.8) is 0 Å². The highest BCUT2D eigenvalue weighted by molar-refractivity contribution is 5.96. The zero-order valence-electron chi connectivity index (χ0n) is 13.2. The van der Waals surface area contributed by atoms with Gasteiger partial charge in [-0.3, -0.25) is 4.98 Å². The zero-order valence-corrected chi connectivity index (χ0v) is 13.2. The minimum atomic E-state index is -0.193. The molecule has 116 valence electrons. The van der Waals surface area contributed by atoms with E-state index in [1.807, 2.05) is 12.4 Å². The maximum absolute atomic E-state index is 9.69. The van der Waals surface area contributed by atoms with Crippen molar-refractivity contribution in [3.05, 3.63) is 60.4 Å². The Morgan fingerprint density at radius 1 is 1.13 bits per heavy atom. The number of β-amino-alcohol motifs (C(OH)–C–C–N with tert-alkyl or cyclic N) is 1. The first-order valence-electron chi connectivity index (χ1n) is 8.08. The third-order valence-electron chi connectivity index (χ3n) is 4.61. The number of benzene rings is 2. The van der Waals surface area contributed by atoms with Crippen molar-refractivity contribution in [2.75, 3.05) is 18.0 Å². The monoisotopic (exact) mass is 304 g/mol. The van der Waals surface area contributed by atoms with E-state index in [0.29, 0.717) is 0 Å². The van der Waals surface area contributed by atoms with E-state index >= 15 is 0 Å². The molecule has 2 heterocycles. The van der Waals surface area contributed by atoms with Gasteiger partial charge in [-0.2, -0.15) is 0 Å². The van der Waals surface area contributed by atoms with Crippen LogP contribution in [-0.4, -0.2) is 29.3 Å². The van der Waals surface area contributed by atoms with Crippen molar-refractivity contribution in [2.45, 2.75) is 19.4 Å². The summed E-state index contributed by atoms with van der Waals surface area (Å²) >= 11 is 0. The number of aromatic nitrogens is 1. The third kappa shape index (κ3) is 2.68. The van der Waals surface area contributed by atoms with Crippen LogP contribution in [-0.2, 0) is 0 Å². The Morgan fingerprint density at radius 2 is 1.96 bits per heavy atom. The number of nitrogens with zero attached hydrogens (tertiary/aromatic N) is 2. The lowest BCUT2D eigenvalue weighted by atomic mass is 9.97. The highest BCUT2D eigenvalue weighted by Crippen LogP contribution is 2.31. The van der Waals surface area contributed by atoms with Gasteiger partial charge in [0.05, 0.1) is 6.10 Å². The summed E-state index contributed by atoms with van der Waals surface area (Å²) in [4.78, 5) is 6.52. The van der Waals surface area contributed by atoms with E-state index in [1.54, 1.807) is 0 Å². The topological polar surface area (TPSA) is 36.4 Å². The smallest absolute Gasteiger partial charge is 0.0731 e. The van der Waals surface area contributed by atoms with Crippen molar-refractivity contribution in [1.29, 1.82) is 0 Å². The van der Waals surface area contributed by atoms with E-state index in [2.05, 4.69) is 59.3 Å². The highest BCUT2D eigenvalue weighted by Gasteiger charge is 2.20. The molecule has 1 unspecified atom stereocenters. The lowest BCUT2D eigenvalue weighted by Gasteiger charge is -2.18. The fourth-order valence-corrected chi connectivity index (χ4v) is 3.42. The number of aliphatic hydroxyl groups excluding tert-OH is 1. The molecular weight excluding hydrogens is 284 g/mol. The molecule has 3 nitrogen and oxygen atoms in total. The fourth-order valence-electron chi connectivity index (χ4n) is 3.42. The molecule has 1 N–H and O–H groups in total. The molecule has 0 radical (unpaired) electrons. The van der Waals surface area contributed by atoms with Crippen LogP contribution in [0.3, 0.4) is 0 Å². The molecule has 4 rings (SSSR count). The largest absolute Gasteiger partial charge is 0.391 e. The zero-order chi connectivity index (χ0) is 15.8. The van der Waals surface area contributed by atoms with Crippen LogP contribution in [0.2, 0.25) is 0 Å². The number of anilines is 1. The predicted octanol–water partition coefficient (Wildman–Crippen LogP) is 3.78. The molecule has 1 saturated heterocycles. The summed E-state index contributed by atoms with van der Waals surface area (Å²) < 4.78 is 0. The van der Waals surface area contributed by atoms with E-state index in [9.17, 15) is 5.11 Å². The lowest BCUT2D eigenvalue weighted by molar-refractivity contribution is 0.198. The van der Waals surface area contributed by atoms with E-state index < -0.39 is 0 Å². The van der Waals surface area contributed by atoms with Crippen LogP contribution in [0.25, 0.3) is 21.9 Å². The van der Waals surface area contributed by atoms with Gasteiger partial charge in [0.25, 0.3) is 0 Å². The normalized spacial score (nSPS) is 17.8. The Balaban J connectivity index is 1.74. The molecule has 1 atom stereocenters. The second-order valence-corrected chi connectivity index (χ2v) is 6.34. The van der Waals surface area contributed by atoms with Gasteiger partial charge in [-0.1, -0.05) is 24.3 Å². The van der Waals surface area contributed by atoms with Crippen LogP contribution in [0.5, 0.6) is 0 Å². The van der Waals surface area contributed by atoms with Crippen LogP contribution in [0, 0.1) is 6.92 Å². The molecule has 1 fully saturated rings. The molecule has 23 heavy (non-hydrogen) atoms. The summed E-state index contributed by atoms with van der Waals surface area (Å²) in [6.07, 6.45) is 4.44. The van der Waals surface area contributed by atoms with E-state index in [4.69, 9.17) is 0 Å². The molecule has 1 aliphatic heterocycles. The van der Waals surface area contributed by atoms with Crippen molar-refractivity contribution < 1.29 is 5.11 Å². The van der Waals surface area contributed by atoms with Crippen LogP contribution in [0.4, 0.5) is 5.69 Å². The summed E-state index contributed by atoms with van der Waals surface area (Å²) in [7, 11) is 0. The third-order valence-corrected chi connectivity index (χ3v) is 4.61. The number of pyridine rings is 1. The quantitative estimate of drug-likeness (QED) is 0.782. The number of fused-ring (bicyclic) bond motifs is 1. The lowest BCUT2D eigenvalue weighted by Crippen LogP contribution is -2.20. The average Bonchev–Trinajstić information content (AvgIpc) is 3.01. The average molecular weight is 304 g/mol. The maximum Gasteiger partial charge on any atom is 0.0731 e. The number of hydrogen-bond acceptors (Lipinski definition) is 3. The molecular formula is C20H20N2O. The van der Waals surface area contributed by atoms with E-state index in [-0.39, 0.29) is 6.10 Å². The summed E-state index contributed by atoms with van der Waals surface area (Å²) in [6, 6.07) is 15.1. The number of aliphatic hydroxyl groups is 1. The number of aryl methyl sites for hydroxylation is 1. The van der Waals surface area contributed by atoms with E-state index in [0.717, 1.165) is 19.5 Å². The molecule has 1 aliphatic rings. The van der Waals surface area contributed by atoms with Crippen LogP contribution >= 0.6 is 0 Å². The van der Waals surface area contributed by atoms with E-state index in [1.165, 1.54) is 33.2 Å². The molecule has 2 aromatic carbocycles. The molecule has 3 aromatic rings. The molecule has 0 spiro atoms. The Bertz CT molecular complexity index is 842. The van der Waals surface area contributed by atoms with Gasteiger partial charge >= 0.3 is 0 Å². The Kier molecular flexibility index (Phi) is 3.50. The first kappa shape index (κ1) is 14.2. The second kappa shape index (κ2) is 5.67.